The molecule has 2 N–H and O–H groups in total. The Balaban J connectivity index is 2.58. The summed E-state index contributed by atoms with van der Waals surface area (Å²) in [4.78, 5) is 0. The standard InChI is InChI=1S/C16H23N3/c1-5-8-19-13(4)16(12(3)18-19)15-9-14(10-17)7-6-11(15)2/h6-7,9H,5,8,10,17H2,1-4H3. The summed E-state index contributed by atoms with van der Waals surface area (Å²) >= 11 is 0. The molecule has 3 nitrogen and oxygen atoms in total. The number of rotatable bonds is 4. The second kappa shape index (κ2) is 5.57. The average Bonchev–Trinajstić information content (AvgIpc) is 2.66. The minimum Gasteiger partial charge on any atom is -0.326 e. The normalized spacial score (nSPS) is 11.0. The van der Waals surface area contributed by atoms with Gasteiger partial charge in [-0.2, -0.15) is 5.10 Å². The zero-order valence-corrected chi connectivity index (χ0v) is 12.3. The summed E-state index contributed by atoms with van der Waals surface area (Å²) < 4.78 is 2.11. The molecule has 0 saturated carbocycles. The lowest BCUT2D eigenvalue weighted by atomic mass is 9.96. The van der Waals surface area contributed by atoms with E-state index in [-0.39, 0.29) is 0 Å². The highest BCUT2D eigenvalue weighted by Gasteiger charge is 2.15. The quantitative estimate of drug-likeness (QED) is 0.913. The van der Waals surface area contributed by atoms with Crippen molar-refractivity contribution in [3.05, 3.63) is 40.7 Å². The van der Waals surface area contributed by atoms with Crippen molar-refractivity contribution in [2.75, 3.05) is 0 Å². The van der Waals surface area contributed by atoms with Crippen molar-refractivity contribution in [2.45, 2.75) is 47.2 Å². The van der Waals surface area contributed by atoms with Crippen molar-refractivity contribution in [2.24, 2.45) is 5.73 Å². The highest BCUT2D eigenvalue weighted by molar-refractivity contribution is 5.72. The highest BCUT2D eigenvalue weighted by Crippen LogP contribution is 2.30. The van der Waals surface area contributed by atoms with Crippen LogP contribution in [0.3, 0.4) is 0 Å². The van der Waals surface area contributed by atoms with Gasteiger partial charge in [-0.1, -0.05) is 19.1 Å². The first-order valence-corrected chi connectivity index (χ1v) is 6.92. The fraction of sp³-hybridized carbons (Fsp3) is 0.438. The summed E-state index contributed by atoms with van der Waals surface area (Å²) in [5.74, 6) is 0. The topological polar surface area (TPSA) is 43.8 Å². The molecule has 0 radical (unpaired) electrons. The first kappa shape index (κ1) is 13.8. The van der Waals surface area contributed by atoms with Gasteiger partial charge in [0, 0.05) is 24.3 Å². The largest absolute Gasteiger partial charge is 0.326 e. The van der Waals surface area contributed by atoms with Crippen LogP contribution in [0.25, 0.3) is 11.1 Å². The lowest BCUT2D eigenvalue weighted by Crippen LogP contribution is -2.01. The Hall–Kier alpha value is -1.61. The zero-order valence-electron chi connectivity index (χ0n) is 12.3. The Morgan fingerprint density at radius 2 is 1.95 bits per heavy atom. The van der Waals surface area contributed by atoms with Crippen LogP contribution in [0, 0.1) is 20.8 Å². The molecular formula is C16H23N3. The molecule has 0 bridgehead atoms. The third-order valence-corrected chi connectivity index (χ3v) is 3.62. The zero-order chi connectivity index (χ0) is 14.0. The van der Waals surface area contributed by atoms with Crippen LogP contribution in [-0.4, -0.2) is 9.78 Å². The number of benzene rings is 1. The number of aryl methyl sites for hydroxylation is 3. The van der Waals surface area contributed by atoms with Gasteiger partial charge in [-0.25, -0.2) is 0 Å². The molecule has 0 aliphatic heterocycles. The first-order chi connectivity index (χ1) is 9.08. The predicted octanol–water partition coefficient (Wildman–Crippen LogP) is 3.34. The summed E-state index contributed by atoms with van der Waals surface area (Å²) in [6.07, 6.45) is 1.10. The van der Waals surface area contributed by atoms with Gasteiger partial charge >= 0.3 is 0 Å². The van der Waals surface area contributed by atoms with Crippen LogP contribution in [0.15, 0.2) is 18.2 Å². The van der Waals surface area contributed by atoms with Crippen molar-refractivity contribution in [3.8, 4) is 11.1 Å². The molecule has 0 saturated heterocycles. The summed E-state index contributed by atoms with van der Waals surface area (Å²) in [6.45, 7) is 10.1. The first-order valence-electron chi connectivity index (χ1n) is 6.92. The maximum Gasteiger partial charge on any atom is 0.0675 e. The molecule has 102 valence electrons. The Labute approximate surface area is 115 Å². The number of nitrogens with two attached hydrogens (primary N) is 1. The van der Waals surface area contributed by atoms with E-state index in [1.807, 2.05) is 0 Å². The van der Waals surface area contributed by atoms with Crippen molar-refractivity contribution in [1.82, 2.24) is 9.78 Å². The van der Waals surface area contributed by atoms with Crippen molar-refractivity contribution < 1.29 is 0 Å². The minimum absolute atomic E-state index is 0.578. The third kappa shape index (κ3) is 2.56. The molecule has 0 fully saturated rings. The van der Waals surface area contributed by atoms with Crippen LogP contribution in [-0.2, 0) is 13.1 Å². The van der Waals surface area contributed by atoms with Crippen molar-refractivity contribution in [3.63, 3.8) is 0 Å². The van der Waals surface area contributed by atoms with Gasteiger partial charge in [-0.05, 0) is 49.9 Å². The Bertz CT molecular complexity index is 582. The van der Waals surface area contributed by atoms with E-state index in [1.54, 1.807) is 0 Å². The van der Waals surface area contributed by atoms with Gasteiger partial charge in [0.2, 0.25) is 0 Å². The van der Waals surface area contributed by atoms with Crippen LogP contribution >= 0.6 is 0 Å². The SMILES string of the molecule is CCCn1nc(C)c(-c2cc(CN)ccc2C)c1C. The lowest BCUT2D eigenvalue weighted by molar-refractivity contribution is 0.583. The van der Waals surface area contributed by atoms with E-state index in [4.69, 9.17) is 5.73 Å². The number of nitrogens with zero attached hydrogens (tertiary/aromatic N) is 2. The molecule has 0 amide bonds. The van der Waals surface area contributed by atoms with E-state index < -0.39 is 0 Å². The number of hydrogen-bond donors (Lipinski definition) is 1. The molecule has 1 aromatic heterocycles. The van der Waals surface area contributed by atoms with Gasteiger partial charge in [0.05, 0.1) is 5.69 Å². The number of hydrogen-bond acceptors (Lipinski definition) is 2. The van der Waals surface area contributed by atoms with E-state index in [0.717, 1.165) is 18.7 Å². The fourth-order valence-electron chi connectivity index (χ4n) is 2.58. The maximum atomic E-state index is 5.76. The smallest absolute Gasteiger partial charge is 0.0675 e. The van der Waals surface area contributed by atoms with E-state index >= 15 is 0 Å². The molecule has 19 heavy (non-hydrogen) atoms. The molecule has 0 spiro atoms. The molecule has 2 rings (SSSR count). The third-order valence-electron chi connectivity index (χ3n) is 3.62. The van der Waals surface area contributed by atoms with E-state index in [1.165, 1.54) is 27.9 Å². The fourth-order valence-corrected chi connectivity index (χ4v) is 2.58. The van der Waals surface area contributed by atoms with Crippen LogP contribution in [0.2, 0.25) is 0 Å². The highest BCUT2D eigenvalue weighted by atomic mass is 15.3. The average molecular weight is 257 g/mol. The monoisotopic (exact) mass is 257 g/mol. The van der Waals surface area contributed by atoms with Crippen molar-refractivity contribution >= 4 is 0 Å². The summed E-state index contributed by atoms with van der Waals surface area (Å²) in [5.41, 5.74) is 13.1. The molecule has 1 heterocycles. The summed E-state index contributed by atoms with van der Waals surface area (Å²) in [6, 6.07) is 6.44. The van der Waals surface area contributed by atoms with Crippen molar-refractivity contribution in [1.29, 1.82) is 0 Å². The molecule has 0 aliphatic rings. The van der Waals surface area contributed by atoms with Crippen LogP contribution in [0.4, 0.5) is 0 Å². The molecule has 0 unspecified atom stereocenters. The van der Waals surface area contributed by atoms with Gasteiger partial charge in [0.25, 0.3) is 0 Å². The Morgan fingerprint density at radius 1 is 1.21 bits per heavy atom. The summed E-state index contributed by atoms with van der Waals surface area (Å²) in [7, 11) is 0. The van der Waals surface area contributed by atoms with Crippen LogP contribution in [0.1, 0.15) is 35.9 Å². The van der Waals surface area contributed by atoms with Crippen LogP contribution < -0.4 is 5.73 Å². The van der Waals surface area contributed by atoms with Crippen LogP contribution in [0.5, 0.6) is 0 Å². The second-order valence-corrected chi connectivity index (χ2v) is 5.12. The number of aromatic nitrogens is 2. The second-order valence-electron chi connectivity index (χ2n) is 5.12. The van der Waals surface area contributed by atoms with Gasteiger partial charge in [-0.3, -0.25) is 4.68 Å². The van der Waals surface area contributed by atoms with E-state index in [9.17, 15) is 0 Å². The molecule has 0 aliphatic carbocycles. The Kier molecular flexibility index (Phi) is 4.05. The lowest BCUT2D eigenvalue weighted by Gasteiger charge is -2.09. The molecule has 0 atom stereocenters. The van der Waals surface area contributed by atoms with E-state index in [0.29, 0.717) is 6.54 Å². The van der Waals surface area contributed by atoms with Gasteiger partial charge < -0.3 is 5.73 Å². The molecule has 1 aromatic carbocycles. The summed E-state index contributed by atoms with van der Waals surface area (Å²) in [5, 5.41) is 4.66. The maximum absolute atomic E-state index is 5.76. The minimum atomic E-state index is 0.578. The van der Waals surface area contributed by atoms with Gasteiger partial charge in [0.15, 0.2) is 0 Å². The van der Waals surface area contributed by atoms with Gasteiger partial charge in [-0.15, -0.1) is 0 Å². The molecule has 2 aromatic rings. The molecular weight excluding hydrogens is 234 g/mol. The molecule has 3 heteroatoms. The predicted molar refractivity (Wildman–Crippen MR) is 80.1 cm³/mol. The Morgan fingerprint density at radius 3 is 2.58 bits per heavy atom. The van der Waals surface area contributed by atoms with E-state index in [2.05, 4.69) is 55.7 Å². The van der Waals surface area contributed by atoms with Gasteiger partial charge in [0.1, 0.15) is 0 Å².